The van der Waals surface area contributed by atoms with Crippen LogP contribution in [-0.4, -0.2) is 4.98 Å². The number of benzene rings is 1. The summed E-state index contributed by atoms with van der Waals surface area (Å²) < 4.78 is 38.9. The molecular formula is C15H12F3N3. The van der Waals surface area contributed by atoms with Crippen molar-refractivity contribution in [3.05, 3.63) is 58.9 Å². The Morgan fingerprint density at radius 2 is 2.00 bits per heavy atom. The number of hydrogen-bond donors (Lipinski definition) is 1. The first-order valence-electron chi connectivity index (χ1n) is 6.17. The Hall–Kier alpha value is -2.55. The van der Waals surface area contributed by atoms with Gasteiger partial charge in [0.1, 0.15) is 0 Å². The Kier molecular flexibility index (Phi) is 4.13. The lowest BCUT2D eigenvalue weighted by Crippen LogP contribution is -2.11. The van der Waals surface area contributed by atoms with Crippen LogP contribution in [0.1, 0.15) is 22.4 Å². The van der Waals surface area contributed by atoms with Crippen molar-refractivity contribution in [2.75, 3.05) is 5.32 Å². The predicted octanol–water partition coefficient (Wildman–Crippen LogP) is 3.89. The monoisotopic (exact) mass is 291 g/mol. The predicted molar refractivity (Wildman–Crippen MR) is 72.5 cm³/mol. The Labute approximate surface area is 120 Å². The fourth-order valence-corrected chi connectivity index (χ4v) is 1.80. The summed E-state index contributed by atoms with van der Waals surface area (Å²) in [5.41, 5.74) is 0.694. The van der Waals surface area contributed by atoms with Crippen LogP contribution in [0.5, 0.6) is 0 Å². The van der Waals surface area contributed by atoms with E-state index in [1.165, 1.54) is 12.1 Å². The minimum absolute atomic E-state index is 0.0233. The van der Waals surface area contributed by atoms with Crippen LogP contribution in [0.3, 0.4) is 0 Å². The number of rotatable bonds is 3. The zero-order valence-electron chi connectivity index (χ0n) is 11.2. The van der Waals surface area contributed by atoms with Gasteiger partial charge in [-0.3, -0.25) is 4.98 Å². The average molecular weight is 291 g/mol. The summed E-state index contributed by atoms with van der Waals surface area (Å²) in [7, 11) is 0. The summed E-state index contributed by atoms with van der Waals surface area (Å²) in [6.07, 6.45) is -2.90. The number of halogens is 3. The third-order valence-corrected chi connectivity index (χ3v) is 2.91. The van der Waals surface area contributed by atoms with Crippen LogP contribution in [0.25, 0.3) is 0 Å². The van der Waals surface area contributed by atoms with E-state index in [2.05, 4.69) is 10.3 Å². The van der Waals surface area contributed by atoms with E-state index in [0.29, 0.717) is 0 Å². The second-order valence-corrected chi connectivity index (χ2v) is 4.53. The lowest BCUT2D eigenvalue weighted by molar-refractivity contribution is -0.137. The zero-order chi connectivity index (χ0) is 15.5. The van der Waals surface area contributed by atoms with Crippen molar-refractivity contribution in [3.8, 4) is 6.07 Å². The van der Waals surface area contributed by atoms with Crippen LogP contribution in [0, 0.1) is 18.3 Å². The smallest absolute Gasteiger partial charge is 0.380 e. The Balaban J connectivity index is 2.23. The van der Waals surface area contributed by atoms with Crippen molar-refractivity contribution in [2.24, 2.45) is 0 Å². The highest BCUT2D eigenvalue weighted by Crippen LogP contribution is 2.35. The minimum atomic E-state index is -4.51. The molecule has 0 aliphatic heterocycles. The summed E-state index contributed by atoms with van der Waals surface area (Å²) in [4.78, 5) is 4.08. The maximum atomic E-state index is 13.0. The molecule has 2 rings (SSSR count). The highest BCUT2D eigenvalue weighted by atomic mass is 19.4. The number of aryl methyl sites for hydroxylation is 1. The molecule has 0 atom stereocenters. The maximum absolute atomic E-state index is 13.0. The van der Waals surface area contributed by atoms with Crippen LogP contribution in [0.4, 0.5) is 18.9 Å². The van der Waals surface area contributed by atoms with Gasteiger partial charge in [0, 0.05) is 24.1 Å². The van der Waals surface area contributed by atoms with E-state index in [-0.39, 0.29) is 17.8 Å². The SMILES string of the molecule is Cc1ccc(CNc2ccc(C#N)cc2C(F)(F)F)cn1. The van der Waals surface area contributed by atoms with Crippen molar-refractivity contribution in [3.63, 3.8) is 0 Å². The molecule has 0 unspecified atom stereocenters. The van der Waals surface area contributed by atoms with Gasteiger partial charge in [0.25, 0.3) is 0 Å². The molecule has 1 aromatic carbocycles. The molecule has 0 radical (unpaired) electrons. The summed E-state index contributed by atoms with van der Waals surface area (Å²) >= 11 is 0. The molecular weight excluding hydrogens is 279 g/mol. The zero-order valence-corrected chi connectivity index (χ0v) is 11.2. The van der Waals surface area contributed by atoms with Crippen LogP contribution < -0.4 is 5.32 Å². The standard InChI is InChI=1S/C15H12F3N3/c1-10-2-3-12(8-20-10)9-21-14-5-4-11(7-19)6-13(14)15(16,17)18/h2-6,8,21H,9H2,1H3. The fourth-order valence-electron chi connectivity index (χ4n) is 1.80. The Morgan fingerprint density at radius 1 is 1.24 bits per heavy atom. The first-order valence-corrected chi connectivity index (χ1v) is 6.17. The van der Waals surface area contributed by atoms with E-state index in [0.717, 1.165) is 17.3 Å². The molecule has 2 aromatic rings. The minimum Gasteiger partial charge on any atom is -0.380 e. The summed E-state index contributed by atoms with van der Waals surface area (Å²) in [5, 5.41) is 11.4. The van der Waals surface area contributed by atoms with Gasteiger partial charge >= 0.3 is 6.18 Å². The number of anilines is 1. The van der Waals surface area contributed by atoms with Gasteiger partial charge in [-0.1, -0.05) is 6.07 Å². The second kappa shape index (κ2) is 5.83. The third-order valence-electron chi connectivity index (χ3n) is 2.91. The van der Waals surface area contributed by atoms with Crippen LogP contribution in [-0.2, 0) is 12.7 Å². The molecule has 1 N–H and O–H groups in total. The van der Waals surface area contributed by atoms with Gasteiger partial charge in [0.2, 0.25) is 0 Å². The molecule has 108 valence electrons. The van der Waals surface area contributed by atoms with Crippen molar-refractivity contribution >= 4 is 5.69 Å². The van der Waals surface area contributed by atoms with Gasteiger partial charge in [0.05, 0.1) is 17.2 Å². The number of pyridine rings is 1. The van der Waals surface area contributed by atoms with Crippen LogP contribution >= 0.6 is 0 Å². The third kappa shape index (κ3) is 3.72. The molecule has 1 aromatic heterocycles. The van der Waals surface area contributed by atoms with E-state index in [4.69, 9.17) is 5.26 Å². The first kappa shape index (κ1) is 14.9. The van der Waals surface area contributed by atoms with E-state index in [1.807, 2.05) is 6.92 Å². The molecule has 0 saturated carbocycles. The second-order valence-electron chi connectivity index (χ2n) is 4.53. The van der Waals surface area contributed by atoms with Gasteiger partial charge in [-0.2, -0.15) is 18.4 Å². The van der Waals surface area contributed by atoms with E-state index in [1.54, 1.807) is 24.4 Å². The topological polar surface area (TPSA) is 48.7 Å². The number of alkyl halides is 3. The van der Waals surface area contributed by atoms with Crippen molar-refractivity contribution in [2.45, 2.75) is 19.6 Å². The highest BCUT2D eigenvalue weighted by Gasteiger charge is 2.33. The lowest BCUT2D eigenvalue weighted by Gasteiger charge is -2.15. The van der Waals surface area contributed by atoms with E-state index < -0.39 is 11.7 Å². The number of hydrogen-bond acceptors (Lipinski definition) is 3. The van der Waals surface area contributed by atoms with Gasteiger partial charge in [-0.25, -0.2) is 0 Å². The van der Waals surface area contributed by atoms with Gasteiger partial charge < -0.3 is 5.32 Å². The maximum Gasteiger partial charge on any atom is 0.418 e. The average Bonchev–Trinajstić information content (AvgIpc) is 2.45. The van der Waals surface area contributed by atoms with Gasteiger partial charge in [-0.15, -0.1) is 0 Å². The first-order chi connectivity index (χ1) is 9.90. The molecule has 21 heavy (non-hydrogen) atoms. The number of nitriles is 1. The van der Waals surface area contributed by atoms with Crippen LogP contribution in [0.15, 0.2) is 36.5 Å². The largest absolute Gasteiger partial charge is 0.418 e. The van der Waals surface area contributed by atoms with Gasteiger partial charge in [0.15, 0.2) is 0 Å². The molecule has 6 heteroatoms. The Bertz CT molecular complexity index is 670. The molecule has 3 nitrogen and oxygen atoms in total. The van der Waals surface area contributed by atoms with Crippen molar-refractivity contribution in [1.82, 2.24) is 4.98 Å². The number of nitrogens with one attached hydrogen (secondary N) is 1. The molecule has 0 bridgehead atoms. The quantitative estimate of drug-likeness (QED) is 0.933. The molecule has 1 heterocycles. The van der Waals surface area contributed by atoms with Gasteiger partial charge in [-0.05, 0) is 36.8 Å². The van der Waals surface area contributed by atoms with Crippen LogP contribution in [0.2, 0.25) is 0 Å². The number of aromatic nitrogens is 1. The summed E-state index contributed by atoms with van der Waals surface area (Å²) in [6.45, 7) is 2.06. The van der Waals surface area contributed by atoms with E-state index in [9.17, 15) is 13.2 Å². The molecule has 0 aliphatic rings. The fraction of sp³-hybridized carbons (Fsp3) is 0.200. The van der Waals surface area contributed by atoms with E-state index >= 15 is 0 Å². The number of nitrogens with zero attached hydrogens (tertiary/aromatic N) is 2. The molecule has 0 aliphatic carbocycles. The summed E-state index contributed by atoms with van der Waals surface area (Å²) in [5.74, 6) is 0. The molecule has 0 saturated heterocycles. The van der Waals surface area contributed by atoms with Crippen molar-refractivity contribution in [1.29, 1.82) is 5.26 Å². The molecule has 0 fully saturated rings. The molecule has 0 amide bonds. The Morgan fingerprint density at radius 3 is 2.57 bits per heavy atom. The summed E-state index contributed by atoms with van der Waals surface area (Å²) in [6, 6.07) is 8.76. The lowest BCUT2D eigenvalue weighted by atomic mass is 10.1. The highest BCUT2D eigenvalue weighted by molar-refractivity contribution is 5.56. The molecule has 0 spiro atoms. The van der Waals surface area contributed by atoms with Crippen molar-refractivity contribution < 1.29 is 13.2 Å². The normalized spacial score (nSPS) is 11.0.